The summed E-state index contributed by atoms with van der Waals surface area (Å²) in [7, 11) is 0. The highest BCUT2D eigenvalue weighted by molar-refractivity contribution is 6.39. The minimum atomic E-state index is -1.35. The van der Waals surface area contributed by atoms with Crippen LogP contribution in [0.25, 0.3) is 0 Å². The molecule has 0 bridgehead atoms. The zero-order chi connectivity index (χ0) is 21.0. The van der Waals surface area contributed by atoms with Gasteiger partial charge in [0.05, 0.1) is 12.6 Å². The second-order valence-corrected chi connectivity index (χ2v) is 6.33. The topological polar surface area (TPSA) is 85.6 Å². The van der Waals surface area contributed by atoms with Crippen molar-refractivity contribution in [3.05, 3.63) is 71.0 Å². The molecule has 6 nitrogen and oxygen atoms in total. The number of nitriles is 1. The molecule has 1 aliphatic rings. The fourth-order valence-electron chi connectivity index (χ4n) is 2.78. The van der Waals surface area contributed by atoms with Gasteiger partial charge in [-0.15, -0.1) is 0 Å². The zero-order valence-electron chi connectivity index (χ0n) is 15.0. The lowest BCUT2D eigenvalue weighted by Crippen LogP contribution is -2.40. The molecule has 2 aromatic rings. The van der Waals surface area contributed by atoms with Crippen molar-refractivity contribution in [1.29, 1.82) is 5.26 Å². The molecular formula is C20H15F3N4O2. The summed E-state index contributed by atoms with van der Waals surface area (Å²) in [5.41, 5.74) is 0.431. The second-order valence-electron chi connectivity index (χ2n) is 6.33. The number of hydrogen-bond donors (Lipinski definition) is 1. The van der Waals surface area contributed by atoms with Crippen LogP contribution in [0, 0.1) is 28.8 Å². The summed E-state index contributed by atoms with van der Waals surface area (Å²) in [6, 6.07) is 8.55. The SMILES string of the molecule is N#CC(NC(=O)C1=NN(Cc2ccc(F)cc2)C(=O)CC1)c1ccc(F)cc1F. The predicted octanol–water partition coefficient (Wildman–Crippen LogP) is 2.96. The first-order valence-electron chi connectivity index (χ1n) is 8.65. The summed E-state index contributed by atoms with van der Waals surface area (Å²) in [5.74, 6) is -3.24. The maximum absolute atomic E-state index is 13.9. The van der Waals surface area contributed by atoms with Crippen molar-refractivity contribution < 1.29 is 22.8 Å². The first-order valence-corrected chi connectivity index (χ1v) is 8.65. The number of rotatable bonds is 5. The maximum atomic E-state index is 13.9. The van der Waals surface area contributed by atoms with Crippen LogP contribution in [0.2, 0.25) is 0 Å². The van der Waals surface area contributed by atoms with Crippen LogP contribution in [0.3, 0.4) is 0 Å². The number of benzene rings is 2. The fraction of sp³-hybridized carbons (Fsp3) is 0.200. The molecule has 0 aliphatic carbocycles. The maximum Gasteiger partial charge on any atom is 0.268 e. The van der Waals surface area contributed by atoms with E-state index in [1.54, 1.807) is 6.07 Å². The monoisotopic (exact) mass is 400 g/mol. The van der Waals surface area contributed by atoms with Crippen molar-refractivity contribution in [2.45, 2.75) is 25.4 Å². The van der Waals surface area contributed by atoms with Crippen LogP contribution in [0.15, 0.2) is 47.6 Å². The minimum absolute atomic E-state index is 0.00511. The Bertz CT molecular complexity index is 1020. The van der Waals surface area contributed by atoms with E-state index in [4.69, 9.17) is 0 Å². The predicted molar refractivity (Wildman–Crippen MR) is 96.5 cm³/mol. The van der Waals surface area contributed by atoms with Gasteiger partial charge in [0, 0.05) is 24.5 Å². The van der Waals surface area contributed by atoms with E-state index in [0.717, 1.165) is 17.1 Å². The number of amides is 2. The molecule has 0 radical (unpaired) electrons. The minimum Gasteiger partial charge on any atom is -0.331 e. The number of carbonyl (C=O) groups is 2. The lowest BCUT2D eigenvalue weighted by molar-refractivity contribution is -0.132. The third kappa shape index (κ3) is 4.79. The second kappa shape index (κ2) is 8.56. The Balaban J connectivity index is 1.75. The van der Waals surface area contributed by atoms with Crippen LogP contribution < -0.4 is 5.32 Å². The van der Waals surface area contributed by atoms with Crippen LogP contribution in [0.1, 0.15) is 30.0 Å². The summed E-state index contributed by atoms with van der Waals surface area (Å²) in [6.07, 6.45) is 0.0736. The Morgan fingerprint density at radius 1 is 1.14 bits per heavy atom. The molecule has 0 saturated carbocycles. The fourth-order valence-corrected chi connectivity index (χ4v) is 2.78. The molecule has 1 heterocycles. The van der Waals surface area contributed by atoms with Gasteiger partial charge in [-0.05, 0) is 23.8 Å². The first kappa shape index (κ1) is 20.1. The highest BCUT2D eigenvalue weighted by atomic mass is 19.1. The first-order chi connectivity index (χ1) is 13.9. The largest absolute Gasteiger partial charge is 0.331 e. The number of nitrogens with zero attached hydrogens (tertiary/aromatic N) is 3. The van der Waals surface area contributed by atoms with Crippen molar-refractivity contribution in [1.82, 2.24) is 10.3 Å². The van der Waals surface area contributed by atoms with E-state index >= 15 is 0 Å². The van der Waals surface area contributed by atoms with Crippen molar-refractivity contribution >= 4 is 17.5 Å². The molecule has 1 unspecified atom stereocenters. The van der Waals surface area contributed by atoms with E-state index in [1.165, 1.54) is 24.3 Å². The molecule has 2 amide bonds. The van der Waals surface area contributed by atoms with Gasteiger partial charge in [0.2, 0.25) is 5.91 Å². The Hall–Kier alpha value is -3.67. The Morgan fingerprint density at radius 3 is 2.48 bits per heavy atom. The van der Waals surface area contributed by atoms with Crippen LogP contribution in [0.5, 0.6) is 0 Å². The quantitative estimate of drug-likeness (QED) is 0.837. The summed E-state index contributed by atoms with van der Waals surface area (Å²) in [6.45, 7) is 0.0458. The normalized spacial score (nSPS) is 14.8. The van der Waals surface area contributed by atoms with Gasteiger partial charge in [-0.25, -0.2) is 18.2 Å². The van der Waals surface area contributed by atoms with E-state index < -0.39 is 29.4 Å². The molecular weight excluding hydrogens is 385 g/mol. The van der Waals surface area contributed by atoms with E-state index in [0.29, 0.717) is 11.6 Å². The highest BCUT2D eigenvalue weighted by Crippen LogP contribution is 2.19. The molecule has 148 valence electrons. The lowest BCUT2D eigenvalue weighted by Gasteiger charge is -2.23. The van der Waals surface area contributed by atoms with E-state index in [9.17, 15) is 28.0 Å². The van der Waals surface area contributed by atoms with Gasteiger partial charge in [-0.3, -0.25) is 9.59 Å². The molecule has 29 heavy (non-hydrogen) atoms. The van der Waals surface area contributed by atoms with E-state index in [1.807, 2.05) is 0 Å². The van der Waals surface area contributed by atoms with E-state index in [-0.39, 0.29) is 36.6 Å². The summed E-state index contributed by atoms with van der Waals surface area (Å²) in [4.78, 5) is 24.6. The number of carbonyl (C=O) groups excluding carboxylic acids is 2. The third-order valence-electron chi connectivity index (χ3n) is 4.29. The average Bonchev–Trinajstić information content (AvgIpc) is 2.69. The van der Waals surface area contributed by atoms with E-state index in [2.05, 4.69) is 10.4 Å². The van der Waals surface area contributed by atoms with Crippen molar-refractivity contribution in [3.63, 3.8) is 0 Å². The molecule has 9 heteroatoms. The van der Waals surface area contributed by atoms with Crippen LogP contribution in [-0.4, -0.2) is 22.5 Å². The molecule has 1 N–H and O–H groups in total. The molecule has 2 aromatic carbocycles. The molecule has 0 fully saturated rings. The number of hydrogen-bond acceptors (Lipinski definition) is 4. The third-order valence-corrected chi connectivity index (χ3v) is 4.29. The highest BCUT2D eigenvalue weighted by Gasteiger charge is 2.27. The number of hydrazone groups is 1. The van der Waals surface area contributed by atoms with Gasteiger partial charge in [0.25, 0.3) is 5.91 Å². The molecule has 1 aliphatic heterocycles. The average molecular weight is 400 g/mol. The lowest BCUT2D eigenvalue weighted by atomic mass is 10.1. The van der Waals surface area contributed by atoms with Gasteiger partial charge >= 0.3 is 0 Å². The number of nitrogens with one attached hydrogen (secondary N) is 1. The van der Waals surface area contributed by atoms with Crippen molar-refractivity contribution in [2.75, 3.05) is 0 Å². The Labute approximate surface area is 164 Å². The van der Waals surface area contributed by atoms with Crippen LogP contribution >= 0.6 is 0 Å². The summed E-state index contributed by atoms with van der Waals surface area (Å²) in [5, 5.41) is 16.7. The molecule has 0 spiro atoms. The van der Waals surface area contributed by atoms with Crippen LogP contribution in [0.4, 0.5) is 13.2 Å². The summed E-state index contributed by atoms with van der Waals surface area (Å²) < 4.78 is 40.0. The van der Waals surface area contributed by atoms with Gasteiger partial charge in [0.15, 0.2) is 0 Å². The van der Waals surface area contributed by atoms with Gasteiger partial charge in [0.1, 0.15) is 29.2 Å². The molecule has 0 saturated heterocycles. The molecule has 1 atom stereocenters. The van der Waals surface area contributed by atoms with Crippen LogP contribution in [-0.2, 0) is 16.1 Å². The van der Waals surface area contributed by atoms with Gasteiger partial charge < -0.3 is 5.32 Å². The van der Waals surface area contributed by atoms with Crippen molar-refractivity contribution in [2.24, 2.45) is 5.10 Å². The number of halogens is 3. The Morgan fingerprint density at radius 2 is 1.83 bits per heavy atom. The Kier molecular flexibility index (Phi) is 5.93. The molecule has 3 rings (SSSR count). The van der Waals surface area contributed by atoms with Gasteiger partial charge in [-0.1, -0.05) is 18.2 Å². The van der Waals surface area contributed by atoms with Crippen molar-refractivity contribution in [3.8, 4) is 6.07 Å². The molecule has 0 aromatic heterocycles. The zero-order valence-corrected chi connectivity index (χ0v) is 15.0. The van der Waals surface area contributed by atoms with Gasteiger partial charge in [-0.2, -0.15) is 10.4 Å². The summed E-state index contributed by atoms with van der Waals surface area (Å²) >= 11 is 0. The smallest absolute Gasteiger partial charge is 0.268 e. The standard InChI is InChI=1S/C20H15F3N4O2/c21-13-3-1-12(2-4-13)11-27-19(28)8-7-17(26-27)20(29)25-18(10-24)15-6-5-14(22)9-16(15)23/h1-6,9,18H,7-8,11H2,(H,25,29).